The van der Waals surface area contributed by atoms with Gasteiger partial charge in [0.1, 0.15) is 0 Å². The van der Waals surface area contributed by atoms with E-state index in [0.717, 1.165) is 11.6 Å². The van der Waals surface area contributed by atoms with Gasteiger partial charge in [-0.2, -0.15) is 13.2 Å². The Morgan fingerprint density at radius 2 is 1.55 bits per heavy atom. The standard InChI is InChI=1S/C22H16F3NO2S/c1-12-5-7-13(8-6-12)21(14-9-10-17(27)18(28)11-14)15-3-2-4-16(22(23,24)25)19(15)26-20(21)29/h2-11,27-28H,1H3,(H,26,29). The van der Waals surface area contributed by atoms with E-state index in [-0.39, 0.29) is 22.2 Å². The second-order valence-corrected chi connectivity index (χ2v) is 7.41. The SMILES string of the molecule is Cc1ccc(C2(c3ccc(O)c(O)c3)C(=S)Nc3c(C(F)(F)F)cccc32)cc1. The highest BCUT2D eigenvalue weighted by Gasteiger charge is 2.50. The van der Waals surface area contributed by atoms with Crippen molar-refractivity contribution in [2.45, 2.75) is 18.5 Å². The molecule has 0 spiro atoms. The Hall–Kier alpha value is -3.06. The minimum absolute atomic E-state index is 0.0989. The lowest BCUT2D eigenvalue weighted by molar-refractivity contribution is -0.136. The molecule has 7 heteroatoms. The predicted molar refractivity (Wildman–Crippen MR) is 108 cm³/mol. The fraction of sp³-hybridized carbons (Fsp3) is 0.136. The van der Waals surface area contributed by atoms with Crippen molar-refractivity contribution in [2.24, 2.45) is 0 Å². The maximum atomic E-state index is 13.6. The molecular weight excluding hydrogens is 399 g/mol. The molecule has 0 fully saturated rings. The fourth-order valence-electron chi connectivity index (χ4n) is 3.87. The van der Waals surface area contributed by atoms with Crippen LogP contribution in [0, 0.1) is 6.92 Å². The van der Waals surface area contributed by atoms with E-state index in [1.165, 1.54) is 18.2 Å². The van der Waals surface area contributed by atoms with Crippen molar-refractivity contribution in [3.05, 3.63) is 88.5 Å². The largest absolute Gasteiger partial charge is 0.504 e. The summed E-state index contributed by atoms with van der Waals surface area (Å²) in [4.78, 5) is 0.165. The Bertz CT molecular complexity index is 1130. The number of hydrogen-bond acceptors (Lipinski definition) is 3. The van der Waals surface area contributed by atoms with Gasteiger partial charge in [0, 0.05) is 0 Å². The number of anilines is 1. The topological polar surface area (TPSA) is 52.5 Å². The van der Waals surface area contributed by atoms with Crippen molar-refractivity contribution in [3.8, 4) is 11.5 Å². The quantitative estimate of drug-likeness (QED) is 0.382. The van der Waals surface area contributed by atoms with E-state index in [2.05, 4.69) is 5.32 Å². The lowest BCUT2D eigenvalue weighted by Gasteiger charge is -2.31. The van der Waals surface area contributed by atoms with Gasteiger partial charge in [-0.3, -0.25) is 0 Å². The van der Waals surface area contributed by atoms with E-state index in [1.54, 1.807) is 12.1 Å². The minimum atomic E-state index is -4.56. The number of nitrogens with one attached hydrogen (secondary N) is 1. The summed E-state index contributed by atoms with van der Waals surface area (Å²) in [6.07, 6.45) is -4.56. The lowest BCUT2D eigenvalue weighted by atomic mass is 9.70. The van der Waals surface area contributed by atoms with Gasteiger partial charge >= 0.3 is 6.18 Å². The number of halogens is 3. The number of para-hydroxylation sites is 1. The van der Waals surface area contributed by atoms with Crippen molar-refractivity contribution in [1.29, 1.82) is 0 Å². The number of hydrogen-bond donors (Lipinski definition) is 3. The van der Waals surface area contributed by atoms with Crippen molar-refractivity contribution in [3.63, 3.8) is 0 Å². The number of phenolic OH excluding ortho intramolecular Hbond substituents is 2. The molecule has 0 bridgehead atoms. The van der Waals surface area contributed by atoms with Gasteiger partial charge in [-0.1, -0.05) is 60.2 Å². The summed E-state index contributed by atoms with van der Waals surface area (Å²) in [6.45, 7) is 1.91. The predicted octanol–water partition coefficient (Wildman–Crippen LogP) is 5.51. The van der Waals surface area contributed by atoms with Crippen LogP contribution in [0.5, 0.6) is 11.5 Å². The average Bonchev–Trinajstić information content (AvgIpc) is 2.96. The highest BCUT2D eigenvalue weighted by molar-refractivity contribution is 7.80. The summed E-state index contributed by atoms with van der Waals surface area (Å²) in [5, 5.41) is 22.6. The third-order valence-electron chi connectivity index (χ3n) is 5.25. The summed E-state index contributed by atoms with van der Waals surface area (Å²) in [5.41, 5.74) is 0.276. The van der Waals surface area contributed by atoms with E-state index in [4.69, 9.17) is 12.2 Å². The van der Waals surface area contributed by atoms with Crippen LogP contribution < -0.4 is 5.32 Å². The Morgan fingerprint density at radius 1 is 0.897 bits per heavy atom. The molecule has 1 aliphatic rings. The third-order valence-corrected chi connectivity index (χ3v) is 5.65. The van der Waals surface area contributed by atoms with E-state index in [0.29, 0.717) is 16.7 Å². The smallest absolute Gasteiger partial charge is 0.418 e. The van der Waals surface area contributed by atoms with Crippen LogP contribution >= 0.6 is 12.2 Å². The normalized spacial score (nSPS) is 18.4. The number of aryl methyl sites for hydroxylation is 1. The zero-order chi connectivity index (χ0) is 21.0. The van der Waals surface area contributed by atoms with E-state index in [1.807, 2.05) is 31.2 Å². The fourth-order valence-corrected chi connectivity index (χ4v) is 4.31. The van der Waals surface area contributed by atoms with Gasteiger partial charge in [-0.05, 0) is 41.8 Å². The summed E-state index contributed by atoms with van der Waals surface area (Å²) in [7, 11) is 0. The molecule has 3 aromatic carbocycles. The lowest BCUT2D eigenvalue weighted by Crippen LogP contribution is -2.35. The third kappa shape index (κ3) is 2.84. The molecule has 3 aromatic rings. The molecule has 3 nitrogen and oxygen atoms in total. The van der Waals surface area contributed by atoms with Crippen LogP contribution in [0.4, 0.5) is 18.9 Å². The van der Waals surface area contributed by atoms with Gasteiger partial charge in [-0.15, -0.1) is 0 Å². The molecule has 0 amide bonds. The molecule has 0 aromatic heterocycles. The number of phenols is 2. The zero-order valence-corrected chi connectivity index (χ0v) is 16.0. The molecule has 0 radical (unpaired) electrons. The number of fused-ring (bicyclic) bond motifs is 1. The maximum Gasteiger partial charge on any atom is 0.418 e. The number of rotatable bonds is 2. The molecule has 1 heterocycles. The van der Waals surface area contributed by atoms with Crippen LogP contribution in [0.25, 0.3) is 0 Å². The number of thiocarbonyl (C=S) groups is 1. The Balaban J connectivity index is 2.10. The number of aromatic hydroxyl groups is 2. The monoisotopic (exact) mass is 415 g/mol. The van der Waals surface area contributed by atoms with E-state index >= 15 is 0 Å². The Morgan fingerprint density at radius 3 is 2.17 bits per heavy atom. The number of benzene rings is 3. The first-order valence-electron chi connectivity index (χ1n) is 8.77. The van der Waals surface area contributed by atoms with Crippen molar-refractivity contribution in [1.82, 2.24) is 0 Å². The Labute approximate surface area is 170 Å². The molecule has 29 heavy (non-hydrogen) atoms. The first kappa shape index (κ1) is 19.3. The van der Waals surface area contributed by atoms with Crippen molar-refractivity contribution >= 4 is 22.9 Å². The maximum absolute atomic E-state index is 13.6. The Kier molecular flexibility index (Phi) is 4.31. The van der Waals surface area contributed by atoms with Crippen LogP contribution in [-0.4, -0.2) is 15.2 Å². The molecule has 0 saturated heterocycles. The molecule has 1 atom stereocenters. The molecule has 0 saturated carbocycles. The van der Waals surface area contributed by atoms with Crippen LogP contribution in [0.15, 0.2) is 60.7 Å². The van der Waals surface area contributed by atoms with Gasteiger partial charge < -0.3 is 15.5 Å². The van der Waals surface area contributed by atoms with E-state index in [9.17, 15) is 23.4 Å². The van der Waals surface area contributed by atoms with Gasteiger partial charge in [0.2, 0.25) is 0 Å². The van der Waals surface area contributed by atoms with Gasteiger partial charge in [-0.25, -0.2) is 0 Å². The highest BCUT2D eigenvalue weighted by atomic mass is 32.1. The van der Waals surface area contributed by atoms with Gasteiger partial charge in [0.05, 0.1) is 21.7 Å². The zero-order valence-electron chi connectivity index (χ0n) is 15.2. The number of alkyl halides is 3. The first-order valence-corrected chi connectivity index (χ1v) is 9.18. The summed E-state index contributed by atoms with van der Waals surface area (Å²) < 4.78 is 40.9. The van der Waals surface area contributed by atoms with Gasteiger partial charge in [0.15, 0.2) is 11.5 Å². The van der Waals surface area contributed by atoms with Crippen LogP contribution in [0.1, 0.15) is 27.8 Å². The summed E-state index contributed by atoms with van der Waals surface area (Å²) in [6, 6.07) is 15.5. The first-order chi connectivity index (χ1) is 13.7. The molecule has 0 aliphatic carbocycles. The molecule has 1 unspecified atom stereocenters. The molecule has 4 rings (SSSR count). The van der Waals surface area contributed by atoms with Crippen LogP contribution in [-0.2, 0) is 11.6 Å². The van der Waals surface area contributed by atoms with Crippen LogP contribution in [0.2, 0.25) is 0 Å². The molecule has 1 aliphatic heterocycles. The van der Waals surface area contributed by atoms with Crippen molar-refractivity contribution in [2.75, 3.05) is 5.32 Å². The van der Waals surface area contributed by atoms with Crippen LogP contribution in [0.3, 0.4) is 0 Å². The minimum Gasteiger partial charge on any atom is -0.504 e. The van der Waals surface area contributed by atoms with E-state index < -0.39 is 17.2 Å². The highest BCUT2D eigenvalue weighted by Crippen LogP contribution is 2.52. The second-order valence-electron chi connectivity index (χ2n) is 7.00. The van der Waals surface area contributed by atoms with Gasteiger partial charge in [0.25, 0.3) is 0 Å². The average molecular weight is 415 g/mol. The summed E-state index contributed by atoms with van der Waals surface area (Å²) >= 11 is 5.59. The summed E-state index contributed by atoms with van der Waals surface area (Å²) in [5.74, 6) is -0.703. The molecular formula is C22H16F3NO2S. The van der Waals surface area contributed by atoms with Crippen molar-refractivity contribution < 1.29 is 23.4 Å². The second kappa shape index (κ2) is 6.49. The molecule has 148 valence electrons. The molecule has 3 N–H and O–H groups in total.